The topological polar surface area (TPSA) is 31.4 Å². The lowest BCUT2D eigenvalue weighted by molar-refractivity contribution is 0.274. The van der Waals surface area contributed by atoms with E-state index in [4.69, 9.17) is 9.47 Å². The van der Waals surface area contributed by atoms with E-state index in [2.05, 4.69) is 36.2 Å². The smallest absolute Gasteiger partial charge is 0.213 e. The van der Waals surface area contributed by atoms with Gasteiger partial charge in [0.05, 0.1) is 13.2 Å². The summed E-state index contributed by atoms with van der Waals surface area (Å²) in [5, 5.41) is 0. The van der Waals surface area contributed by atoms with Crippen LogP contribution in [-0.2, 0) is 6.42 Å². The molecule has 0 saturated carbocycles. The van der Waals surface area contributed by atoms with Gasteiger partial charge >= 0.3 is 0 Å². The van der Waals surface area contributed by atoms with Crippen LogP contribution in [0.5, 0.6) is 11.6 Å². The van der Waals surface area contributed by atoms with Crippen LogP contribution in [0.25, 0.3) is 0 Å². The number of nitrogens with zero attached hydrogens (tertiary/aromatic N) is 1. The summed E-state index contributed by atoms with van der Waals surface area (Å²) in [4.78, 5) is 4.13. The molecule has 0 saturated heterocycles. The maximum Gasteiger partial charge on any atom is 0.213 e. The van der Waals surface area contributed by atoms with Gasteiger partial charge in [-0.15, -0.1) is 0 Å². The Balaban J connectivity index is 1.52. The zero-order valence-electron chi connectivity index (χ0n) is 13.3. The van der Waals surface area contributed by atoms with E-state index in [1.54, 1.807) is 6.20 Å². The molecular weight excluding hydrogens is 274 g/mol. The van der Waals surface area contributed by atoms with E-state index in [-0.39, 0.29) is 0 Å². The van der Waals surface area contributed by atoms with E-state index < -0.39 is 0 Å². The van der Waals surface area contributed by atoms with Crippen molar-refractivity contribution in [3.8, 4) is 11.6 Å². The standard InChI is InChI=1S/C19H25NO2/c1-2-8-17-10-12-18(13-11-17)21-15-6-3-7-16-22-19-9-4-5-14-20-19/h4-5,9-14H,2-3,6-8,15-16H2,1H3. The minimum atomic E-state index is 0.700. The quantitative estimate of drug-likeness (QED) is 0.598. The SMILES string of the molecule is CCCc1ccc(OCCCCCOc2ccccn2)cc1. The molecule has 2 rings (SSSR count). The summed E-state index contributed by atoms with van der Waals surface area (Å²) in [7, 11) is 0. The lowest BCUT2D eigenvalue weighted by Gasteiger charge is -2.07. The molecule has 0 atom stereocenters. The Bertz CT molecular complexity index is 511. The molecule has 0 aliphatic carbocycles. The van der Waals surface area contributed by atoms with Crippen LogP contribution in [0.4, 0.5) is 0 Å². The van der Waals surface area contributed by atoms with Gasteiger partial charge in [0.25, 0.3) is 0 Å². The molecule has 0 radical (unpaired) electrons. The van der Waals surface area contributed by atoms with Gasteiger partial charge in [-0.3, -0.25) is 0 Å². The van der Waals surface area contributed by atoms with Crippen molar-refractivity contribution in [2.75, 3.05) is 13.2 Å². The largest absolute Gasteiger partial charge is 0.494 e. The van der Waals surface area contributed by atoms with Crippen molar-refractivity contribution in [3.63, 3.8) is 0 Å². The van der Waals surface area contributed by atoms with Crippen molar-refractivity contribution >= 4 is 0 Å². The van der Waals surface area contributed by atoms with Crippen LogP contribution >= 0.6 is 0 Å². The van der Waals surface area contributed by atoms with Gasteiger partial charge in [-0.25, -0.2) is 4.98 Å². The number of aryl methyl sites for hydroxylation is 1. The molecule has 0 amide bonds. The molecule has 0 unspecified atom stereocenters. The normalized spacial score (nSPS) is 10.4. The highest BCUT2D eigenvalue weighted by atomic mass is 16.5. The molecule has 3 nitrogen and oxygen atoms in total. The lowest BCUT2D eigenvalue weighted by Crippen LogP contribution is -2.01. The maximum absolute atomic E-state index is 5.75. The van der Waals surface area contributed by atoms with Crippen molar-refractivity contribution < 1.29 is 9.47 Å². The molecule has 0 spiro atoms. The highest BCUT2D eigenvalue weighted by Gasteiger charge is 1.97. The Kier molecular flexibility index (Phi) is 7.30. The molecule has 0 aliphatic rings. The second-order valence-electron chi connectivity index (χ2n) is 5.32. The van der Waals surface area contributed by atoms with Gasteiger partial charge in [0, 0.05) is 12.3 Å². The van der Waals surface area contributed by atoms with Crippen LogP contribution in [0.15, 0.2) is 48.7 Å². The minimum Gasteiger partial charge on any atom is -0.494 e. The first-order valence-electron chi connectivity index (χ1n) is 8.14. The Morgan fingerprint density at radius 3 is 2.32 bits per heavy atom. The molecule has 0 bridgehead atoms. The first kappa shape index (κ1) is 16.3. The lowest BCUT2D eigenvalue weighted by atomic mass is 10.1. The van der Waals surface area contributed by atoms with E-state index >= 15 is 0 Å². The van der Waals surface area contributed by atoms with Gasteiger partial charge in [-0.2, -0.15) is 0 Å². The monoisotopic (exact) mass is 299 g/mol. The highest BCUT2D eigenvalue weighted by molar-refractivity contribution is 5.27. The molecule has 0 fully saturated rings. The van der Waals surface area contributed by atoms with Gasteiger partial charge in [0.2, 0.25) is 5.88 Å². The van der Waals surface area contributed by atoms with Crippen molar-refractivity contribution in [2.24, 2.45) is 0 Å². The number of ether oxygens (including phenoxy) is 2. The molecule has 1 aromatic carbocycles. The van der Waals surface area contributed by atoms with E-state index in [0.29, 0.717) is 12.5 Å². The number of rotatable bonds is 10. The average molecular weight is 299 g/mol. The zero-order chi connectivity index (χ0) is 15.5. The predicted octanol–water partition coefficient (Wildman–Crippen LogP) is 4.66. The third-order valence-corrected chi connectivity index (χ3v) is 3.41. The number of aromatic nitrogens is 1. The van der Waals surface area contributed by atoms with Crippen molar-refractivity contribution in [2.45, 2.75) is 39.0 Å². The molecule has 1 heterocycles. The molecule has 0 aliphatic heterocycles. The highest BCUT2D eigenvalue weighted by Crippen LogP contribution is 2.14. The molecule has 2 aromatic rings. The Labute approximate surface area is 133 Å². The summed E-state index contributed by atoms with van der Waals surface area (Å²) in [6.45, 7) is 3.67. The van der Waals surface area contributed by atoms with Crippen molar-refractivity contribution in [1.82, 2.24) is 4.98 Å². The average Bonchev–Trinajstić information content (AvgIpc) is 2.57. The summed E-state index contributed by atoms with van der Waals surface area (Å²) in [6, 6.07) is 14.1. The van der Waals surface area contributed by atoms with Crippen molar-refractivity contribution in [1.29, 1.82) is 0 Å². The maximum atomic E-state index is 5.75. The number of unbranched alkanes of at least 4 members (excludes halogenated alkanes) is 2. The van der Waals surface area contributed by atoms with E-state index in [9.17, 15) is 0 Å². The predicted molar refractivity (Wildman–Crippen MR) is 89.5 cm³/mol. The Morgan fingerprint density at radius 2 is 1.64 bits per heavy atom. The first-order chi connectivity index (χ1) is 10.9. The number of pyridine rings is 1. The van der Waals surface area contributed by atoms with E-state index in [0.717, 1.165) is 38.0 Å². The van der Waals surface area contributed by atoms with Crippen LogP contribution in [0, 0.1) is 0 Å². The second-order valence-corrected chi connectivity index (χ2v) is 5.32. The van der Waals surface area contributed by atoms with Crippen LogP contribution in [0.1, 0.15) is 38.2 Å². The fourth-order valence-electron chi connectivity index (χ4n) is 2.22. The summed E-state index contributed by atoms with van der Waals surface area (Å²) in [6.07, 6.45) is 7.23. The number of hydrogen-bond donors (Lipinski definition) is 0. The third kappa shape index (κ3) is 6.17. The zero-order valence-corrected chi connectivity index (χ0v) is 13.3. The number of hydrogen-bond acceptors (Lipinski definition) is 3. The Hall–Kier alpha value is -2.03. The van der Waals surface area contributed by atoms with Crippen LogP contribution in [0.2, 0.25) is 0 Å². The Morgan fingerprint density at radius 1 is 0.864 bits per heavy atom. The van der Waals surface area contributed by atoms with Gasteiger partial charge in [0.15, 0.2) is 0 Å². The van der Waals surface area contributed by atoms with Gasteiger partial charge in [-0.05, 0) is 49.4 Å². The van der Waals surface area contributed by atoms with Gasteiger partial charge in [-0.1, -0.05) is 31.5 Å². The summed E-state index contributed by atoms with van der Waals surface area (Å²) in [5.41, 5.74) is 1.38. The van der Waals surface area contributed by atoms with Crippen LogP contribution in [-0.4, -0.2) is 18.2 Å². The molecular formula is C19H25NO2. The molecule has 0 N–H and O–H groups in total. The summed E-state index contributed by atoms with van der Waals surface area (Å²) in [5.74, 6) is 1.66. The van der Waals surface area contributed by atoms with Gasteiger partial charge in [0.1, 0.15) is 5.75 Å². The van der Waals surface area contributed by atoms with E-state index in [1.165, 1.54) is 12.0 Å². The van der Waals surface area contributed by atoms with Crippen molar-refractivity contribution in [3.05, 3.63) is 54.2 Å². The van der Waals surface area contributed by atoms with Crippen LogP contribution < -0.4 is 9.47 Å². The van der Waals surface area contributed by atoms with E-state index in [1.807, 2.05) is 18.2 Å². The molecule has 22 heavy (non-hydrogen) atoms. The minimum absolute atomic E-state index is 0.700. The fraction of sp³-hybridized carbons (Fsp3) is 0.421. The molecule has 3 heteroatoms. The first-order valence-corrected chi connectivity index (χ1v) is 8.14. The number of benzene rings is 1. The fourth-order valence-corrected chi connectivity index (χ4v) is 2.22. The summed E-state index contributed by atoms with van der Waals surface area (Å²) < 4.78 is 11.3. The summed E-state index contributed by atoms with van der Waals surface area (Å²) >= 11 is 0. The molecule has 1 aromatic heterocycles. The third-order valence-electron chi connectivity index (χ3n) is 3.41. The van der Waals surface area contributed by atoms with Gasteiger partial charge < -0.3 is 9.47 Å². The molecule has 118 valence electrons. The second kappa shape index (κ2) is 9.82. The van der Waals surface area contributed by atoms with Crippen LogP contribution in [0.3, 0.4) is 0 Å².